The minimum atomic E-state index is -0.407. The average Bonchev–Trinajstić information content (AvgIpc) is 2.36. The van der Waals surface area contributed by atoms with Crippen LogP contribution in [0, 0.1) is 0 Å². The van der Waals surface area contributed by atoms with E-state index in [0.29, 0.717) is 26.2 Å². The van der Waals surface area contributed by atoms with Crippen molar-refractivity contribution in [1.29, 1.82) is 0 Å². The Hall–Kier alpha value is -1.37. The smallest absolute Gasteiger partial charge is 0.223 e. The molecule has 0 aliphatic heterocycles. The fourth-order valence-corrected chi connectivity index (χ4v) is 1.97. The number of nitrogens with zero attached hydrogens (tertiary/aromatic N) is 2. The molecule has 0 aliphatic carbocycles. The van der Waals surface area contributed by atoms with Gasteiger partial charge in [-0.3, -0.25) is 9.69 Å². The van der Waals surface area contributed by atoms with Gasteiger partial charge in [0.15, 0.2) is 5.75 Å². The number of pyridine rings is 1. The van der Waals surface area contributed by atoms with E-state index in [9.17, 15) is 9.90 Å². The van der Waals surface area contributed by atoms with Gasteiger partial charge in [-0.15, -0.1) is 0 Å². The number of aryl methyl sites for hydroxylation is 1. The molecule has 1 aromatic rings. The van der Waals surface area contributed by atoms with Gasteiger partial charge in [0.2, 0.25) is 5.43 Å². The first kappa shape index (κ1) is 15.7. The summed E-state index contributed by atoms with van der Waals surface area (Å²) in [6.07, 6.45) is 2.33. The van der Waals surface area contributed by atoms with Gasteiger partial charge in [-0.05, 0) is 6.42 Å². The van der Waals surface area contributed by atoms with Crippen molar-refractivity contribution in [3.63, 3.8) is 0 Å². The molecule has 108 valence electrons. The van der Waals surface area contributed by atoms with Crippen LogP contribution in [0.15, 0.2) is 17.1 Å². The first-order chi connectivity index (χ1) is 9.12. The summed E-state index contributed by atoms with van der Waals surface area (Å²) in [6.45, 7) is 4.03. The Kier molecular flexibility index (Phi) is 6.55. The maximum atomic E-state index is 11.5. The molecule has 0 bridgehead atoms. The predicted octanol–water partition coefficient (Wildman–Crippen LogP) is -0.249. The molecule has 0 spiro atoms. The molecule has 6 nitrogen and oxygen atoms in total. The van der Waals surface area contributed by atoms with E-state index in [2.05, 4.69) is 0 Å². The van der Waals surface area contributed by atoms with Gasteiger partial charge in [0.1, 0.15) is 0 Å². The summed E-state index contributed by atoms with van der Waals surface area (Å²) < 4.78 is 1.83. The largest absolute Gasteiger partial charge is 0.503 e. The summed E-state index contributed by atoms with van der Waals surface area (Å²) in [5, 5.41) is 27.4. The van der Waals surface area contributed by atoms with Gasteiger partial charge in [-0.1, -0.05) is 6.92 Å². The Labute approximate surface area is 112 Å². The van der Waals surface area contributed by atoms with Crippen LogP contribution in [0.3, 0.4) is 0 Å². The maximum Gasteiger partial charge on any atom is 0.223 e. The molecule has 0 radical (unpaired) electrons. The Morgan fingerprint density at radius 1 is 1.26 bits per heavy atom. The van der Waals surface area contributed by atoms with E-state index in [1.807, 2.05) is 16.4 Å². The average molecular weight is 270 g/mol. The highest BCUT2D eigenvalue weighted by Gasteiger charge is 2.10. The van der Waals surface area contributed by atoms with Crippen LogP contribution in [0.5, 0.6) is 5.75 Å². The molecular weight excluding hydrogens is 248 g/mol. The number of hydrogen-bond acceptors (Lipinski definition) is 5. The normalized spacial score (nSPS) is 11.2. The van der Waals surface area contributed by atoms with E-state index in [-0.39, 0.29) is 19.0 Å². The van der Waals surface area contributed by atoms with Gasteiger partial charge in [0.05, 0.1) is 19.4 Å². The van der Waals surface area contributed by atoms with Crippen LogP contribution < -0.4 is 5.43 Å². The van der Waals surface area contributed by atoms with Gasteiger partial charge >= 0.3 is 0 Å². The van der Waals surface area contributed by atoms with Gasteiger partial charge in [0.25, 0.3) is 0 Å². The molecule has 6 heteroatoms. The lowest BCUT2D eigenvalue weighted by Crippen LogP contribution is -2.31. The molecule has 0 saturated heterocycles. The van der Waals surface area contributed by atoms with Crippen LogP contribution in [0.1, 0.15) is 19.0 Å². The third-order valence-corrected chi connectivity index (χ3v) is 2.88. The van der Waals surface area contributed by atoms with Crippen LogP contribution in [-0.4, -0.2) is 51.1 Å². The summed E-state index contributed by atoms with van der Waals surface area (Å²) in [4.78, 5) is 13.4. The SMILES string of the molecule is CCCn1cc(O)c(=O)cc1CN(CCO)CCO. The van der Waals surface area contributed by atoms with Crippen molar-refractivity contribution in [3.05, 3.63) is 28.2 Å². The minimum absolute atomic E-state index is 0.00388. The zero-order chi connectivity index (χ0) is 14.3. The number of aliphatic hydroxyl groups excluding tert-OH is 2. The fourth-order valence-electron chi connectivity index (χ4n) is 1.97. The maximum absolute atomic E-state index is 11.5. The van der Waals surface area contributed by atoms with E-state index in [1.54, 1.807) is 0 Å². The third-order valence-electron chi connectivity index (χ3n) is 2.88. The van der Waals surface area contributed by atoms with Gasteiger partial charge in [0, 0.05) is 37.9 Å². The van der Waals surface area contributed by atoms with E-state index in [1.165, 1.54) is 12.3 Å². The minimum Gasteiger partial charge on any atom is -0.503 e. The highest BCUT2D eigenvalue weighted by Crippen LogP contribution is 2.09. The Morgan fingerprint density at radius 3 is 2.42 bits per heavy atom. The fraction of sp³-hybridized carbons (Fsp3) is 0.615. The lowest BCUT2D eigenvalue weighted by Gasteiger charge is -2.22. The molecule has 1 heterocycles. The molecule has 19 heavy (non-hydrogen) atoms. The van der Waals surface area contributed by atoms with Gasteiger partial charge < -0.3 is 19.9 Å². The second kappa shape index (κ2) is 7.93. The van der Waals surface area contributed by atoms with E-state index in [4.69, 9.17) is 10.2 Å². The summed E-state index contributed by atoms with van der Waals surface area (Å²) in [5.41, 5.74) is 0.363. The Balaban J connectivity index is 2.96. The van der Waals surface area contributed by atoms with Crippen molar-refractivity contribution < 1.29 is 15.3 Å². The number of aromatic nitrogens is 1. The molecule has 1 rings (SSSR count). The quantitative estimate of drug-likeness (QED) is 0.606. The molecular formula is C13H22N2O4. The summed E-state index contributed by atoms with van der Waals surface area (Å²) in [7, 11) is 0. The van der Waals surface area contributed by atoms with Gasteiger partial charge in [-0.25, -0.2) is 0 Å². The zero-order valence-electron chi connectivity index (χ0n) is 11.2. The Bertz CT molecular complexity index is 439. The Morgan fingerprint density at radius 2 is 1.89 bits per heavy atom. The van der Waals surface area contributed by atoms with Gasteiger partial charge in [-0.2, -0.15) is 0 Å². The third kappa shape index (κ3) is 4.66. The van der Waals surface area contributed by atoms with Crippen molar-refractivity contribution in [1.82, 2.24) is 9.47 Å². The van der Waals surface area contributed by atoms with Crippen molar-refractivity contribution in [3.8, 4) is 5.75 Å². The number of hydrogen-bond donors (Lipinski definition) is 3. The topological polar surface area (TPSA) is 85.9 Å². The predicted molar refractivity (Wildman–Crippen MR) is 72.1 cm³/mol. The second-order valence-corrected chi connectivity index (χ2v) is 4.43. The first-order valence-corrected chi connectivity index (χ1v) is 6.48. The van der Waals surface area contributed by atoms with Crippen LogP contribution >= 0.6 is 0 Å². The highest BCUT2D eigenvalue weighted by atomic mass is 16.3. The van der Waals surface area contributed by atoms with Crippen LogP contribution in [0.2, 0.25) is 0 Å². The van der Waals surface area contributed by atoms with Crippen LogP contribution in [0.25, 0.3) is 0 Å². The van der Waals surface area contributed by atoms with Crippen molar-refractivity contribution in [2.24, 2.45) is 0 Å². The molecule has 0 unspecified atom stereocenters. The summed E-state index contributed by atoms with van der Waals surface area (Å²) in [5.74, 6) is -0.256. The molecule has 0 saturated carbocycles. The van der Waals surface area contributed by atoms with Crippen molar-refractivity contribution in [2.75, 3.05) is 26.3 Å². The highest BCUT2D eigenvalue weighted by molar-refractivity contribution is 5.20. The van der Waals surface area contributed by atoms with E-state index in [0.717, 1.165) is 12.1 Å². The van der Waals surface area contributed by atoms with Crippen molar-refractivity contribution >= 4 is 0 Å². The van der Waals surface area contributed by atoms with Crippen molar-refractivity contribution in [2.45, 2.75) is 26.4 Å². The molecule has 0 fully saturated rings. The zero-order valence-corrected chi connectivity index (χ0v) is 11.2. The van der Waals surface area contributed by atoms with E-state index >= 15 is 0 Å². The molecule has 3 N–H and O–H groups in total. The van der Waals surface area contributed by atoms with Crippen LogP contribution in [-0.2, 0) is 13.1 Å². The monoisotopic (exact) mass is 270 g/mol. The molecule has 0 atom stereocenters. The number of rotatable bonds is 8. The van der Waals surface area contributed by atoms with Crippen LogP contribution in [0.4, 0.5) is 0 Å². The number of aliphatic hydroxyl groups is 2. The second-order valence-electron chi connectivity index (χ2n) is 4.43. The molecule has 1 aromatic heterocycles. The lowest BCUT2D eigenvalue weighted by molar-refractivity contribution is 0.153. The summed E-state index contributed by atoms with van der Waals surface area (Å²) in [6, 6.07) is 1.41. The molecule has 0 aromatic carbocycles. The molecule has 0 amide bonds. The molecule has 0 aliphatic rings. The van der Waals surface area contributed by atoms with E-state index < -0.39 is 5.43 Å². The standard InChI is InChI=1S/C13H22N2O4/c1-2-3-15-10-13(19)12(18)8-11(15)9-14(4-6-16)5-7-17/h8,10,16-17,19H,2-7,9H2,1H3. The lowest BCUT2D eigenvalue weighted by atomic mass is 10.2. The summed E-state index contributed by atoms with van der Waals surface area (Å²) >= 11 is 0. The first-order valence-electron chi connectivity index (χ1n) is 6.48. The number of aromatic hydroxyl groups is 1.